The summed E-state index contributed by atoms with van der Waals surface area (Å²) in [5.74, 6) is -0.875. The lowest BCUT2D eigenvalue weighted by molar-refractivity contribution is -0.383. The van der Waals surface area contributed by atoms with E-state index in [1.165, 1.54) is 12.1 Å². The predicted octanol–water partition coefficient (Wildman–Crippen LogP) is 2.77. The van der Waals surface area contributed by atoms with Gasteiger partial charge in [0.2, 0.25) is 17.7 Å². The molecular formula is C20H12N6O4S. The van der Waals surface area contributed by atoms with E-state index in [9.17, 15) is 20.2 Å². The highest BCUT2D eigenvalue weighted by molar-refractivity contribution is 7.71. The van der Waals surface area contributed by atoms with Crippen molar-refractivity contribution in [2.24, 2.45) is 5.73 Å². The second-order valence-electron chi connectivity index (χ2n) is 6.89. The fourth-order valence-corrected chi connectivity index (χ4v) is 4.49. The number of nitrogens with one attached hydrogen (secondary N) is 2. The van der Waals surface area contributed by atoms with Gasteiger partial charge in [-0.05, 0) is 24.4 Å². The zero-order chi connectivity index (χ0) is 21.9. The summed E-state index contributed by atoms with van der Waals surface area (Å²) in [5.41, 5.74) is 4.79. The molecule has 1 spiro atoms. The molecular weight excluding hydrogens is 420 g/mol. The highest BCUT2D eigenvalue weighted by Crippen LogP contribution is 2.55. The number of imidazole rings is 1. The second kappa shape index (κ2) is 6.28. The van der Waals surface area contributed by atoms with Crippen molar-refractivity contribution >= 4 is 29.5 Å². The first-order chi connectivity index (χ1) is 14.9. The highest BCUT2D eigenvalue weighted by Gasteiger charge is 2.60. The Balaban J connectivity index is 1.96. The van der Waals surface area contributed by atoms with E-state index in [-0.39, 0.29) is 44.7 Å². The van der Waals surface area contributed by atoms with Crippen molar-refractivity contribution in [1.82, 2.24) is 9.55 Å². The number of carbonyl (C=O) groups is 1. The van der Waals surface area contributed by atoms with Crippen molar-refractivity contribution in [3.63, 3.8) is 0 Å². The number of aromatic amines is 1. The number of nitrogens with two attached hydrogens (primary N) is 1. The minimum atomic E-state index is -1.79. The zero-order valence-electron chi connectivity index (χ0n) is 15.6. The maximum atomic E-state index is 13.6. The van der Waals surface area contributed by atoms with Crippen molar-refractivity contribution in [2.45, 2.75) is 5.41 Å². The number of fused-ring (bicyclic) bond motifs is 4. The van der Waals surface area contributed by atoms with Crippen molar-refractivity contribution in [3.8, 4) is 17.6 Å². The largest absolute Gasteiger partial charge is 0.422 e. The average molecular weight is 432 g/mol. The number of aromatic nitrogens is 2. The van der Waals surface area contributed by atoms with Crippen LogP contribution in [0.5, 0.6) is 5.88 Å². The van der Waals surface area contributed by atoms with E-state index in [1.54, 1.807) is 34.9 Å². The van der Waals surface area contributed by atoms with Gasteiger partial charge in [0.15, 0.2) is 10.2 Å². The molecule has 4 N–H and O–H groups in total. The molecule has 0 saturated heterocycles. The molecule has 0 fully saturated rings. The van der Waals surface area contributed by atoms with Crippen LogP contribution in [-0.4, -0.2) is 20.4 Å². The van der Waals surface area contributed by atoms with Crippen LogP contribution >= 0.6 is 12.2 Å². The van der Waals surface area contributed by atoms with Crippen LogP contribution in [0.4, 0.5) is 11.4 Å². The molecule has 31 heavy (non-hydrogen) atoms. The van der Waals surface area contributed by atoms with E-state index < -0.39 is 16.2 Å². The molecule has 2 aromatic carbocycles. The van der Waals surface area contributed by atoms with Crippen LogP contribution in [0.1, 0.15) is 11.3 Å². The maximum Gasteiger partial charge on any atom is 0.293 e. The molecule has 3 heterocycles. The second-order valence-corrected chi connectivity index (χ2v) is 7.28. The molecule has 3 aromatic rings. The third-order valence-corrected chi connectivity index (χ3v) is 5.68. The first-order valence-corrected chi connectivity index (χ1v) is 9.40. The first-order valence-electron chi connectivity index (χ1n) is 8.99. The fourth-order valence-electron chi connectivity index (χ4n) is 4.20. The normalized spacial score (nSPS) is 18.7. The lowest BCUT2D eigenvalue weighted by atomic mass is 9.71. The van der Waals surface area contributed by atoms with Crippen molar-refractivity contribution in [1.29, 1.82) is 5.26 Å². The Kier molecular flexibility index (Phi) is 3.77. The number of hydrogen-bond donors (Lipinski definition) is 3. The number of nitriles is 1. The molecule has 5 rings (SSSR count). The van der Waals surface area contributed by atoms with E-state index in [0.29, 0.717) is 5.69 Å². The zero-order valence-corrected chi connectivity index (χ0v) is 16.4. The molecule has 152 valence electrons. The lowest BCUT2D eigenvalue weighted by Gasteiger charge is -2.32. The van der Waals surface area contributed by atoms with Gasteiger partial charge in [0.1, 0.15) is 23.0 Å². The van der Waals surface area contributed by atoms with Gasteiger partial charge in [-0.15, -0.1) is 0 Å². The number of amides is 1. The van der Waals surface area contributed by atoms with E-state index in [0.717, 1.165) is 0 Å². The van der Waals surface area contributed by atoms with Gasteiger partial charge in [-0.3, -0.25) is 19.5 Å². The van der Waals surface area contributed by atoms with Gasteiger partial charge in [0.05, 0.1) is 4.92 Å². The van der Waals surface area contributed by atoms with Crippen LogP contribution in [0, 0.1) is 26.2 Å². The number of hydrogen-bond acceptors (Lipinski definition) is 7. The monoisotopic (exact) mass is 432 g/mol. The summed E-state index contributed by atoms with van der Waals surface area (Å²) in [4.78, 5) is 27.5. The van der Waals surface area contributed by atoms with Crippen LogP contribution in [0.2, 0.25) is 0 Å². The van der Waals surface area contributed by atoms with Crippen molar-refractivity contribution in [2.75, 3.05) is 5.32 Å². The summed E-state index contributed by atoms with van der Waals surface area (Å²) in [6.07, 6.45) is 0. The van der Waals surface area contributed by atoms with Gasteiger partial charge < -0.3 is 20.8 Å². The molecule has 1 amide bonds. The Morgan fingerprint density at radius 2 is 1.97 bits per heavy atom. The molecule has 11 heteroatoms. The van der Waals surface area contributed by atoms with Gasteiger partial charge in [0.25, 0.3) is 5.69 Å². The lowest BCUT2D eigenvalue weighted by Crippen LogP contribution is -2.43. The van der Waals surface area contributed by atoms with E-state index in [1.807, 2.05) is 12.1 Å². The quantitative estimate of drug-likeness (QED) is 0.320. The van der Waals surface area contributed by atoms with Crippen LogP contribution in [0.3, 0.4) is 0 Å². The Bertz CT molecular complexity index is 1430. The SMILES string of the molecule is N#CC1=C(N)Oc2[nH]c(=S)n(-c3ccccc3)c2[C@]12C(=O)Nc1c([N+](=O)[O-])cccc12. The number of carbonyl (C=O) groups excluding carboxylic acids is 1. The molecule has 1 atom stereocenters. The molecule has 0 bridgehead atoms. The first kappa shape index (κ1) is 18.6. The summed E-state index contributed by atoms with van der Waals surface area (Å²) < 4.78 is 7.40. The summed E-state index contributed by atoms with van der Waals surface area (Å²) in [7, 11) is 0. The maximum absolute atomic E-state index is 13.6. The van der Waals surface area contributed by atoms with Gasteiger partial charge in [-0.2, -0.15) is 5.26 Å². The topological polar surface area (TPSA) is 152 Å². The summed E-state index contributed by atoms with van der Waals surface area (Å²) in [6.45, 7) is 0. The average Bonchev–Trinajstić information content (AvgIpc) is 3.23. The standard InChI is InChI=1S/C20H12N6O4S/c21-9-12-16(22)30-17-15(25(19(31)24-17)10-5-2-1-3-6-10)20(12)11-7-4-8-13(26(28)29)14(11)23-18(20)27/h1-8H,22H2,(H,23,27)(H,24,31)/t20-/m1/s1. The number of nitro benzene ring substituents is 1. The number of benzene rings is 2. The number of H-pyrrole nitrogens is 1. The number of anilines is 1. The Morgan fingerprint density at radius 1 is 1.23 bits per heavy atom. The number of rotatable bonds is 2. The molecule has 0 radical (unpaired) electrons. The molecule has 2 aliphatic heterocycles. The third kappa shape index (κ3) is 2.24. The molecule has 0 unspecified atom stereocenters. The molecule has 1 aromatic heterocycles. The molecule has 0 saturated carbocycles. The van der Waals surface area contributed by atoms with E-state index in [2.05, 4.69) is 10.3 Å². The summed E-state index contributed by atoms with van der Waals surface area (Å²) in [6, 6.07) is 15.2. The van der Waals surface area contributed by atoms with Gasteiger partial charge in [-0.25, -0.2) is 0 Å². The Hall–Kier alpha value is -4.43. The number of ether oxygens (including phenoxy) is 1. The fraction of sp³-hybridized carbons (Fsp3) is 0.0500. The smallest absolute Gasteiger partial charge is 0.293 e. The molecule has 10 nitrogen and oxygen atoms in total. The van der Waals surface area contributed by atoms with Gasteiger partial charge in [0, 0.05) is 17.3 Å². The van der Waals surface area contributed by atoms with Gasteiger partial charge in [-0.1, -0.05) is 30.3 Å². The number of para-hydroxylation sites is 2. The summed E-state index contributed by atoms with van der Waals surface area (Å²) >= 11 is 5.48. The molecule has 2 aliphatic rings. The highest BCUT2D eigenvalue weighted by atomic mass is 32.1. The van der Waals surface area contributed by atoms with Crippen LogP contribution < -0.4 is 15.8 Å². The van der Waals surface area contributed by atoms with Crippen LogP contribution in [0.25, 0.3) is 5.69 Å². The summed E-state index contributed by atoms with van der Waals surface area (Å²) in [5, 5.41) is 24.2. The molecule has 0 aliphatic carbocycles. The van der Waals surface area contributed by atoms with Crippen molar-refractivity contribution in [3.05, 3.63) is 86.1 Å². The minimum absolute atomic E-state index is 0.00219. The Labute approximate surface area is 179 Å². The van der Waals surface area contributed by atoms with E-state index in [4.69, 9.17) is 22.7 Å². The van der Waals surface area contributed by atoms with Gasteiger partial charge >= 0.3 is 0 Å². The number of nitrogens with zero attached hydrogens (tertiary/aromatic N) is 3. The predicted molar refractivity (Wildman–Crippen MR) is 111 cm³/mol. The third-order valence-electron chi connectivity index (χ3n) is 5.40. The minimum Gasteiger partial charge on any atom is -0.422 e. The van der Waals surface area contributed by atoms with Crippen molar-refractivity contribution < 1.29 is 14.5 Å². The van der Waals surface area contributed by atoms with Crippen LogP contribution in [-0.2, 0) is 10.2 Å². The number of nitro groups is 1. The Morgan fingerprint density at radius 3 is 2.65 bits per heavy atom. The van der Waals surface area contributed by atoms with E-state index >= 15 is 0 Å². The van der Waals surface area contributed by atoms with Crippen LogP contribution in [0.15, 0.2) is 60.0 Å².